The minimum Gasteiger partial charge on any atom is -0.489 e. The Balaban J connectivity index is 1.78. The third kappa shape index (κ3) is 6.71. The van der Waals surface area contributed by atoms with Crippen LogP contribution in [0.3, 0.4) is 0 Å². The van der Waals surface area contributed by atoms with E-state index in [1.54, 1.807) is 0 Å². The average molecular weight is 521 g/mol. The molecule has 3 aromatic rings. The lowest BCUT2D eigenvalue weighted by molar-refractivity contribution is -0.233. The zero-order chi connectivity index (χ0) is 27.4. The van der Waals surface area contributed by atoms with Crippen LogP contribution in [0, 0.1) is 6.92 Å². The molecule has 2 aromatic carbocycles. The number of pyridine rings is 1. The van der Waals surface area contributed by atoms with E-state index in [-0.39, 0.29) is 17.2 Å². The van der Waals surface area contributed by atoms with E-state index >= 15 is 0 Å². The molecule has 0 saturated carbocycles. The number of hydrogen-bond donors (Lipinski definition) is 3. The molecule has 0 aliphatic rings. The lowest BCUT2D eigenvalue weighted by Gasteiger charge is -2.28. The van der Waals surface area contributed by atoms with E-state index in [1.165, 1.54) is 24.3 Å². The zero-order valence-corrected chi connectivity index (χ0v) is 19.6. The lowest BCUT2D eigenvalue weighted by atomic mass is 10.1. The van der Waals surface area contributed by atoms with Crippen LogP contribution in [0.2, 0.25) is 0 Å². The van der Waals surface area contributed by atoms with Crippen LogP contribution in [0.4, 0.5) is 13.2 Å². The molecule has 1 heterocycles. The molecule has 0 radical (unpaired) electrons. The van der Waals surface area contributed by atoms with Gasteiger partial charge >= 0.3 is 12.1 Å². The number of aromatic nitrogens is 1. The van der Waals surface area contributed by atoms with Gasteiger partial charge in [-0.25, -0.2) is 10.3 Å². The minimum absolute atomic E-state index is 0.118. The van der Waals surface area contributed by atoms with Gasteiger partial charge in [0.25, 0.3) is 11.8 Å². The Bertz CT molecular complexity index is 1310. The van der Waals surface area contributed by atoms with Gasteiger partial charge in [0.1, 0.15) is 12.4 Å². The summed E-state index contributed by atoms with van der Waals surface area (Å²) in [5.41, 5.74) is 0.704. The Kier molecular flexibility index (Phi) is 7.99. The van der Waals surface area contributed by atoms with Gasteiger partial charge in [-0.2, -0.15) is 18.2 Å². The maximum absolute atomic E-state index is 12.8. The first-order chi connectivity index (χ1) is 17.3. The number of ether oxygens (including phenoxy) is 1. The van der Waals surface area contributed by atoms with Crippen molar-refractivity contribution >= 4 is 28.7 Å². The van der Waals surface area contributed by atoms with Gasteiger partial charge in [0.2, 0.25) is 0 Å². The normalized spacial score (nSPS) is 12.9. The van der Waals surface area contributed by atoms with Gasteiger partial charge in [0.15, 0.2) is 5.60 Å². The number of aliphatic hydroxyl groups is 1. The number of fused-ring (bicyclic) bond motifs is 1. The van der Waals surface area contributed by atoms with Gasteiger partial charge in [-0.05, 0) is 50.2 Å². The van der Waals surface area contributed by atoms with Gasteiger partial charge in [0, 0.05) is 22.2 Å². The predicted molar refractivity (Wildman–Crippen MR) is 121 cm³/mol. The average Bonchev–Trinajstić information content (AvgIpc) is 2.85. The molecule has 37 heavy (non-hydrogen) atoms. The molecule has 13 heteroatoms. The van der Waals surface area contributed by atoms with Crippen molar-refractivity contribution in [2.75, 3.05) is 6.54 Å². The van der Waals surface area contributed by atoms with Crippen LogP contribution in [0.1, 0.15) is 28.5 Å². The number of alkyl halides is 3. The van der Waals surface area contributed by atoms with Crippen LogP contribution in [-0.4, -0.2) is 56.5 Å². The molecular formula is C24H22F3N3O7. The van der Waals surface area contributed by atoms with Crippen molar-refractivity contribution in [3.05, 3.63) is 71.4 Å². The van der Waals surface area contributed by atoms with Crippen molar-refractivity contribution < 1.29 is 47.4 Å². The minimum atomic E-state index is -5.46. The molecule has 0 aliphatic carbocycles. The van der Waals surface area contributed by atoms with Crippen LogP contribution >= 0.6 is 0 Å². The highest BCUT2D eigenvalue weighted by Gasteiger charge is 2.45. The number of benzene rings is 2. The smallest absolute Gasteiger partial charge is 0.489 e. The number of hydroxylamine groups is 3. The number of rotatable bonds is 7. The van der Waals surface area contributed by atoms with Crippen LogP contribution in [0.15, 0.2) is 54.6 Å². The van der Waals surface area contributed by atoms with Gasteiger partial charge in [0.05, 0.1) is 12.1 Å². The number of hydrogen-bond acceptors (Lipinski definition) is 8. The Morgan fingerprint density at radius 1 is 1.08 bits per heavy atom. The molecule has 0 bridgehead atoms. The highest BCUT2D eigenvalue weighted by atomic mass is 19.4. The number of halogens is 3. The Morgan fingerprint density at radius 3 is 2.35 bits per heavy atom. The second-order valence-corrected chi connectivity index (χ2v) is 8.19. The number of aryl methyl sites for hydroxylation is 1. The summed E-state index contributed by atoms with van der Waals surface area (Å²) >= 11 is 0. The van der Waals surface area contributed by atoms with Crippen LogP contribution in [0.5, 0.6) is 5.75 Å². The first-order valence-corrected chi connectivity index (χ1v) is 10.7. The third-order valence-electron chi connectivity index (χ3n) is 5.12. The first kappa shape index (κ1) is 27.4. The Labute approximate surface area is 208 Å². The molecule has 1 atom stereocenters. The van der Waals surface area contributed by atoms with Crippen molar-refractivity contribution in [3.63, 3.8) is 0 Å². The predicted octanol–water partition coefficient (Wildman–Crippen LogP) is 2.84. The molecule has 10 nitrogen and oxygen atoms in total. The fourth-order valence-corrected chi connectivity index (χ4v) is 3.28. The molecule has 3 rings (SSSR count). The molecule has 1 aromatic heterocycles. The monoisotopic (exact) mass is 521 g/mol. The van der Waals surface area contributed by atoms with Crippen LogP contribution in [0.25, 0.3) is 10.9 Å². The Hall–Kier alpha value is -4.23. The molecule has 196 valence electrons. The summed E-state index contributed by atoms with van der Waals surface area (Å²) in [6, 6.07) is 14.5. The van der Waals surface area contributed by atoms with Gasteiger partial charge in [-0.3, -0.25) is 19.8 Å². The molecule has 2 amide bonds. The van der Waals surface area contributed by atoms with E-state index in [0.29, 0.717) is 5.75 Å². The van der Waals surface area contributed by atoms with Gasteiger partial charge in [-0.15, -0.1) is 0 Å². The van der Waals surface area contributed by atoms with Crippen LogP contribution < -0.4 is 10.2 Å². The van der Waals surface area contributed by atoms with Crippen molar-refractivity contribution in [2.45, 2.75) is 32.2 Å². The van der Waals surface area contributed by atoms with E-state index in [9.17, 15) is 32.7 Å². The fourth-order valence-electron chi connectivity index (χ4n) is 3.28. The highest BCUT2D eigenvalue weighted by molar-refractivity contribution is 5.95. The van der Waals surface area contributed by atoms with E-state index in [2.05, 4.69) is 9.82 Å². The summed E-state index contributed by atoms with van der Waals surface area (Å²) in [6.07, 6.45) is -5.46. The third-order valence-corrected chi connectivity index (χ3v) is 5.12. The quantitative estimate of drug-likeness (QED) is 0.319. The molecule has 0 fully saturated rings. The van der Waals surface area contributed by atoms with Gasteiger partial charge in [-0.1, -0.05) is 18.2 Å². The Morgan fingerprint density at radius 2 is 1.73 bits per heavy atom. The van der Waals surface area contributed by atoms with Crippen molar-refractivity contribution in [1.82, 2.24) is 15.5 Å². The van der Waals surface area contributed by atoms with Crippen molar-refractivity contribution in [3.8, 4) is 5.75 Å². The number of carbonyl (C=O) groups is 3. The zero-order valence-electron chi connectivity index (χ0n) is 19.6. The number of nitrogens with zero attached hydrogens (tertiary/aromatic N) is 2. The molecule has 0 unspecified atom stereocenters. The summed E-state index contributed by atoms with van der Waals surface area (Å²) in [7, 11) is 0. The second-order valence-electron chi connectivity index (χ2n) is 8.19. The summed E-state index contributed by atoms with van der Waals surface area (Å²) in [4.78, 5) is 44.3. The topological polar surface area (TPSA) is 138 Å². The largest absolute Gasteiger partial charge is 0.493 e. The molecule has 0 spiro atoms. The van der Waals surface area contributed by atoms with Crippen molar-refractivity contribution in [1.29, 1.82) is 0 Å². The highest BCUT2D eigenvalue weighted by Crippen LogP contribution is 2.23. The molecule has 0 aliphatic heterocycles. The fraction of sp³-hybridized carbons (Fsp3) is 0.250. The number of amides is 2. The van der Waals surface area contributed by atoms with Gasteiger partial charge < -0.3 is 14.7 Å². The van der Waals surface area contributed by atoms with Crippen molar-refractivity contribution in [2.24, 2.45) is 0 Å². The van der Waals surface area contributed by atoms with E-state index < -0.39 is 36.1 Å². The summed E-state index contributed by atoms with van der Waals surface area (Å²) in [5.74, 6) is -5.15. The van der Waals surface area contributed by atoms with Crippen LogP contribution in [-0.2, 0) is 21.0 Å². The number of carbonyl (C=O) groups excluding carboxylic acids is 3. The lowest BCUT2D eigenvalue weighted by Crippen LogP contribution is -2.53. The van der Waals surface area contributed by atoms with E-state index in [1.807, 2.05) is 37.3 Å². The maximum Gasteiger partial charge on any atom is 0.493 e. The second kappa shape index (κ2) is 10.8. The number of para-hydroxylation sites is 1. The summed E-state index contributed by atoms with van der Waals surface area (Å²) in [6.45, 7) is 1.58. The van der Waals surface area contributed by atoms with E-state index in [0.717, 1.165) is 34.6 Å². The SMILES string of the molecule is Cc1cc(COc2ccc(C(=O)N(C[C@@](C)(O)C(=O)NO)OC(=O)C(F)(F)F)cc2)c2ccccc2n1. The summed E-state index contributed by atoms with van der Waals surface area (Å²) < 4.78 is 43.9. The number of nitrogens with one attached hydrogen (secondary N) is 1. The standard InChI is InChI=1S/C24H22F3N3O7/c1-14-11-16(18-5-3-4-6-19(18)28-14)12-36-17-9-7-15(8-10-17)20(31)30(37-22(33)24(25,26)27)13-23(2,34)21(32)29-35/h3-11,34-35H,12-13H2,1-2H3,(H,29,32)/t23-/m1/s1. The van der Waals surface area contributed by atoms with E-state index in [4.69, 9.17) is 9.94 Å². The first-order valence-electron chi connectivity index (χ1n) is 10.7. The summed E-state index contributed by atoms with van der Waals surface area (Å²) in [5, 5.41) is 19.6. The molecule has 3 N–H and O–H groups in total. The molecule has 0 saturated heterocycles. The maximum atomic E-state index is 12.8. The molecular weight excluding hydrogens is 499 g/mol.